The molecule has 0 amide bonds. The van der Waals surface area contributed by atoms with Gasteiger partial charge in [0.1, 0.15) is 11.3 Å². The van der Waals surface area contributed by atoms with Crippen LogP contribution in [0.4, 0.5) is 0 Å². The zero-order valence-electron chi connectivity index (χ0n) is 12.3. The van der Waals surface area contributed by atoms with Crippen molar-refractivity contribution < 1.29 is 9.47 Å². The number of aromatic nitrogens is 3. The van der Waals surface area contributed by atoms with E-state index >= 15 is 0 Å². The van der Waals surface area contributed by atoms with Gasteiger partial charge in [-0.3, -0.25) is 0 Å². The van der Waals surface area contributed by atoms with Gasteiger partial charge in [-0.25, -0.2) is 9.97 Å². The van der Waals surface area contributed by atoms with Gasteiger partial charge >= 0.3 is 0 Å². The Morgan fingerprint density at radius 2 is 2.05 bits per heavy atom. The molecule has 110 valence electrons. The second-order valence-electron chi connectivity index (χ2n) is 4.81. The van der Waals surface area contributed by atoms with Gasteiger partial charge in [-0.15, -0.1) is 11.6 Å². The molecule has 20 heavy (non-hydrogen) atoms. The molecule has 0 radical (unpaired) electrons. The highest BCUT2D eigenvalue weighted by Gasteiger charge is 2.19. The Kier molecular flexibility index (Phi) is 4.96. The number of halogens is 1. The Labute approximate surface area is 123 Å². The van der Waals surface area contributed by atoms with Crippen molar-refractivity contribution in [2.75, 3.05) is 20.8 Å². The normalized spacial score (nSPS) is 14.7. The molecule has 0 bridgehead atoms. The van der Waals surface area contributed by atoms with E-state index in [1.165, 1.54) is 0 Å². The summed E-state index contributed by atoms with van der Waals surface area (Å²) in [4.78, 5) is 9.14. The number of alkyl halides is 1. The van der Waals surface area contributed by atoms with Crippen LogP contribution >= 0.6 is 11.6 Å². The second kappa shape index (κ2) is 6.52. The van der Waals surface area contributed by atoms with Gasteiger partial charge in [0.2, 0.25) is 0 Å². The summed E-state index contributed by atoms with van der Waals surface area (Å²) in [5.74, 6) is 0.804. The highest BCUT2D eigenvalue weighted by atomic mass is 35.5. The summed E-state index contributed by atoms with van der Waals surface area (Å²) in [7, 11) is 3.33. The molecule has 0 fully saturated rings. The lowest BCUT2D eigenvalue weighted by atomic mass is 10.3. The summed E-state index contributed by atoms with van der Waals surface area (Å²) in [6, 6.07) is 3.92. The molecule has 0 aromatic carbocycles. The maximum Gasteiger partial charge on any atom is 0.160 e. The smallest absolute Gasteiger partial charge is 0.160 e. The van der Waals surface area contributed by atoms with Crippen LogP contribution in [0.5, 0.6) is 0 Å². The minimum atomic E-state index is -0.190. The van der Waals surface area contributed by atoms with Crippen LogP contribution in [-0.4, -0.2) is 41.5 Å². The van der Waals surface area contributed by atoms with Gasteiger partial charge in [0.25, 0.3) is 0 Å². The number of aryl methyl sites for hydroxylation is 1. The van der Waals surface area contributed by atoms with Crippen LogP contribution in [0.2, 0.25) is 0 Å². The van der Waals surface area contributed by atoms with E-state index < -0.39 is 0 Å². The topological polar surface area (TPSA) is 49.2 Å². The summed E-state index contributed by atoms with van der Waals surface area (Å²) in [6.07, 6.45) is -0.0612. The first-order valence-corrected chi connectivity index (χ1v) is 7.00. The maximum atomic E-state index is 6.24. The van der Waals surface area contributed by atoms with Gasteiger partial charge in [0.05, 0.1) is 24.6 Å². The van der Waals surface area contributed by atoms with Gasteiger partial charge in [0.15, 0.2) is 5.65 Å². The predicted molar refractivity (Wildman–Crippen MR) is 79.2 cm³/mol. The third-order valence-corrected chi connectivity index (χ3v) is 3.38. The zero-order valence-corrected chi connectivity index (χ0v) is 13.0. The highest BCUT2D eigenvalue weighted by Crippen LogP contribution is 2.24. The molecular formula is C14H20ClN3O2. The number of pyridine rings is 1. The summed E-state index contributed by atoms with van der Waals surface area (Å²) in [5, 5.41) is -0.190. The summed E-state index contributed by atoms with van der Waals surface area (Å²) < 4.78 is 12.6. The molecule has 5 nitrogen and oxygen atoms in total. The van der Waals surface area contributed by atoms with Crippen molar-refractivity contribution in [3.05, 3.63) is 23.7 Å². The average molecular weight is 298 g/mol. The molecule has 0 aliphatic heterocycles. The Bertz CT molecular complexity index is 583. The van der Waals surface area contributed by atoms with Crippen LogP contribution in [0.3, 0.4) is 0 Å². The molecule has 0 saturated heterocycles. The molecular weight excluding hydrogens is 278 g/mol. The fourth-order valence-corrected chi connectivity index (χ4v) is 2.35. The molecule has 0 N–H and O–H groups in total. The highest BCUT2D eigenvalue weighted by molar-refractivity contribution is 6.20. The molecule has 2 aromatic rings. The average Bonchev–Trinajstić information content (AvgIpc) is 2.76. The van der Waals surface area contributed by atoms with E-state index in [2.05, 4.69) is 9.97 Å². The first-order chi connectivity index (χ1) is 9.56. The third kappa shape index (κ3) is 3.11. The minimum Gasteiger partial charge on any atom is -0.382 e. The third-order valence-electron chi connectivity index (χ3n) is 3.19. The lowest BCUT2D eigenvalue weighted by molar-refractivity contribution is 0.0184. The SMILES string of the molecule is COCC(Cn1c(C(C)Cl)nc2ccc(C)nc21)OC. The van der Waals surface area contributed by atoms with Crippen molar-refractivity contribution in [3.8, 4) is 0 Å². The van der Waals surface area contributed by atoms with Crippen molar-refractivity contribution in [3.63, 3.8) is 0 Å². The standard InChI is InChI=1S/C14H20ClN3O2/c1-9-5-6-12-14(16-9)18(13(17-12)10(2)15)7-11(20-4)8-19-3/h5-6,10-11H,7-8H2,1-4H3. The van der Waals surface area contributed by atoms with Crippen LogP contribution in [0.1, 0.15) is 23.8 Å². The van der Waals surface area contributed by atoms with Crippen LogP contribution in [0.25, 0.3) is 11.2 Å². The molecule has 2 rings (SSSR count). The number of hydrogen-bond donors (Lipinski definition) is 0. The fourth-order valence-electron chi connectivity index (χ4n) is 2.18. The van der Waals surface area contributed by atoms with Crippen molar-refractivity contribution in [2.45, 2.75) is 31.9 Å². The summed E-state index contributed by atoms with van der Waals surface area (Å²) >= 11 is 6.24. The van der Waals surface area contributed by atoms with E-state index in [1.807, 2.05) is 30.5 Å². The summed E-state index contributed by atoms with van der Waals surface area (Å²) in [6.45, 7) is 5.00. The van der Waals surface area contributed by atoms with Gasteiger partial charge in [0, 0.05) is 19.9 Å². The molecule has 2 unspecified atom stereocenters. The molecule has 2 heterocycles. The van der Waals surface area contributed by atoms with Crippen LogP contribution in [-0.2, 0) is 16.0 Å². The van der Waals surface area contributed by atoms with Crippen LogP contribution < -0.4 is 0 Å². The maximum absolute atomic E-state index is 6.24. The van der Waals surface area contributed by atoms with Gasteiger partial charge < -0.3 is 14.0 Å². The van der Waals surface area contributed by atoms with Gasteiger partial charge in [-0.05, 0) is 26.0 Å². The molecule has 2 aromatic heterocycles. The molecule has 0 aliphatic carbocycles. The monoisotopic (exact) mass is 297 g/mol. The quantitative estimate of drug-likeness (QED) is 0.769. The van der Waals surface area contributed by atoms with Crippen molar-refractivity contribution in [1.29, 1.82) is 0 Å². The molecule has 2 atom stereocenters. The number of hydrogen-bond acceptors (Lipinski definition) is 4. The molecule has 6 heteroatoms. The van der Waals surface area contributed by atoms with Crippen LogP contribution in [0, 0.1) is 6.92 Å². The van der Waals surface area contributed by atoms with E-state index in [9.17, 15) is 0 Å². The lowest BCUT2D eigenvalue weighted by Gasteiger charge is -2.17. The Morgan fingerprint density at radius 3 is 2.65 bits per heavy atom. The van der Waals surface area contributed by atoms with Crippen LogP contribution in [0.15, 0.2) is 12.1 Å². The Hall–Kier alpha value is -1.17. The largest absolute Gasteiger partial charge is 0.382 e. The van der Waals surface area contributed by atoms with Gasteiger partial charge in [-0.2, -0.15) is 0 Å². The second-order valence-corrected chi connectivity index (χ2v) is 5.46. The van der Waals surface area contributed by atoms with Gasteiger partial charge in [-0.1, -0.05) is 0 Å². The number of methoxy groups -OCH3 is 2. The van der Waals surface area contributed by atoms with Crippen molar-refractivity contribution in [2.24, 2.45) is 0 Å². The first kappa shape index (κ1) is 15.2. The number of imidazole rings is 1. The van der Waals surface area contributed by atoms with E-state index in [1.54, 1.807) is 14.2 Å². The Balaban J connectivity index is 2.47. The predicted octanol–water partition coefficient (Wildman–Crippen LogP) is 2.70. The van der Waals surface area contributed by atoms with E-state index in [-0.39, 0.29) is 11.5 Å². The van der Waals surface area contributed by atoms with Crippen molar-refractivity contribution in [1.82, 2.24) is 14.5 Å². The molecule has 0 saturated carbocycles. The minimum absolute atomic E-state index is 0.0612. The number of ether oxygens (including phenoxy) is 2. The van der Waals surface area contributed by atoms with E-state index in [0.29, 0.717) is 13.2 Å². The number of nitrogens with zero attached hydrogens (tertiary/aromatic N) is 3. The van der Waals surface area contributed by atoms with E-state index in [4.69, 9.17) is 21.1 Å². The molecule has 0 aliphatic rings. The number of fused-ring (bicyclic) bond motifs is 1. The molecule has 0 spiro atoms. The van der Waals surface area contributed by atoms with Crippen molar-refractivity contribution >= 4 is 22.8 Å². The zero-order chi connectivity index (χ0) is 14.7. The number of rotatable bonds is 6. The van der Waals surface area contributed by atoms with E-state index in [0.717, 1.165) is 22.7 Å². The fraction of sp³-hybridized carbons (Fsp3) is 0.571. The first-order valence-electron chi connectivity index (χ1n) is 6.56. The summed E-state index contributed by atoms with van der Waals surface area (Å²) in [5.41, 5.74) is 2.64. The lowest BCUT2D eigenvalue weighted by Crippen LogP contribution is -2.25. The Morgan fingerprint density at radius 1 is 1.30 bits per heavy atom.